The fraction of sp³-hybridized carbons (Fsp3) is 0.571. The first-order valence-corrected chi connectivity index (χ1v) is 7.50. The molecule has 0 aromatic heterocycles. The molecule has 1 saturated heterocycles. The first kappa shape index (κ1) is 14.9. The SMILES string of the molecule is Brc1ccc2c(c1)N(CC1CCCNC1)CCO2.Cl. The van der Waals surface area contributed by atoms with Crippen LogP contribution in [0.4, 0.5) is 5.69 Å². The molecule has 5 heteroatoms. The Morgan fingerprint density at radius 3 is 3.11 bits per heavy atom. The summed E-state index contributed by atoms with van der Waals surface area (Å²) in [6, 6.07) is 6.28. The molecule has 3 nitrogen and oxygen atoms in total. The first-order valence-electron chi connectivity index (χ1n) is 6.71. The second kappa shape index (κ2) is 6.82. The van der Waals surface area contributed by atoms with Crippen molar-refractivity contribution in [2.75, 3.05) is 37.7 Å². The molecule has 1 fully saturated rings. The van der Waals surface area contributed by atoms with Crippen LogP contribution in [0, 0.1) is 5.92 Å². The third kappa shape index (κ3) is 3.56. The first-order chi connectivity index (χ1) is 8.83. The highest BCUT2D eigenvalue weighted by Crippen LogP contribution is 2.34. The number of anilines is 1. The molecule has 3 rings (SSSR count). The van der Waals surface area contributed by atoms with Crippen LogP contribution in [-0.4, -0.2) is 32.8 Å². The molecule has 2 aliphatic heterocycles. The largest absolute Gasteiger partial charge is 0.490 e. The van der Waals surface area contributed by atoms with Crippen molar-refractivity contribution in [1.29, 1.82) is 0 Å². The molecule has 0 aliphatic carbocycles. The quantitative estimate of drug-likeness (QED) is 0.890. The molecule has 1 unspecified atom stereocenters. The van der Waals surface area contributed by atoms with E-state index in [1.165, 1.54) is 25.1 Å². The van der Waals surface area contributed by atoms with Gasteiger partial charge in [0.2, 0.25) is 0 Å². The van der Waals surface area contributed by atoms with Gasteiger partial charge in [-0.25, -0.2) is 0 Å². The number of hydrogen-bond donors (Lipinski definition) is 1. The smallest absolute Gasteiger partial charge is 0.142 e. The minimum Gasteiger partial charge on any atom is -0.490 e. The monoisotopic (exact) mass is 346 g/mol. The molecule has 0 radical (unpaired) electrons. The highest BCUT2D eigenvalue weighted by molar-refractivity contribution is 9.10. The number of nitrogens with zero attached hydrogens (tertiary/aromatic N) is 1. The van der Waals surface area contributed by atoms with Crippen molar-refractivity contribution < 1.29 is 4.74 Å². The average Bonchev–Trinajstić information content (AvgIpc) is 2.41. The van der Waals surface area contributed by atoms with Crippen molar-refractivity contribution in [3.05, 3.63) is 22.7 Å². The van der Waals surface area contributed by atoms with E-state index in [0.29, 0.717) is 0 Å². The summed E-state index contributed by atoms with van der Waals surface area (Å²) in [4.78, 5) is 2.47. The Labute approximate surface area is 129 Å². The Bertz CT molecular complexity index is 424. The van der Waals surface area contributed by atoms with Gasteiger partial charge in [-0.05, 0) is 50.0 Å². The highest BCUT2D eigenvalue weighted by Gasteiger charge is 2.22. The second-order valence-corrected chi connectivity index (χ2v) is 6.03. The van der Waals surface area contributed by atoms with Gasteiger partial charge in [0.05, 0.1) is 12.2 Å². The summed E-state index contributed by atoms with van der Waals surface area (Å²) in [5, 5.41) is 3.49. The maximum absolute atomic E-state index is 5.72. The van der Waals surface area contributed by atoms with Crippen LogP contribution in [0.1, 0.15) is 12.8 Å². The summed E-state index contributed by atoms with van der Waals surface area (Å²) >= 11 is 3.55. The zero-order chi connectivity index (χ0) is 12.4. The molecule has 2 aliphatic rings. The van der Waals surface area contributed by atoms with E-state index < -0.39 is 0 Å². The number of ether oxygens (including phenoxy) is 1. The minimum atomic E-state index is 0. The van der Waals surface area contributed by atoms with E-state index in [1.807, 2.05) is 6.07 Å². The fourth-order valence-electron chi connectivity index (χ4n) is 2.83. The number of nitrogens with one attached hydrogen (secondary N) is 1. The van der Waals surface area contributed by atoms with Crippen molar-refractivity contribution in [3.63, 3.8) is 0 Å². The predicted octanol–water partition coefficient (Wildman–Crippen LogP) is 3.07. The van der Waals surface area contributed by atoms with Crippen molar-refractivity contribution in [1.82, 2.24) is 5.32 Å². The third-order valence-electron chi connectivity index (χ3n) is 3.76. The standard InChI is InChI=1S/C14H19BrN2O.ClH/c15-12-3-4-14-13(8-12)17(6-7-18-14)10-11-2-1-5-16-9-11;/h3-4,8,11,16H,1-2,5-7,9-10H2;1H. The predicted molar refractivity (Wildman–Crippen MR) is 84.7 cm³/mol. The number of halogens is 2. The molecule has 1 aromatic carbocycles. The lowest BCUT2D eigenvalue weighted by Gasteiger charge is -2.35. The summed E-state index contributed by atoms with van der Waals surface area (Å²) in [5.41, 5.74) is 1.24. The fourth-order valence-corrected chi connectivity index (χ4v) is 3.18. The van der Waals surface area contributed by atoms with Gasteiger partial charge in [-0.3, -0.25) is 0 Å². The van der Waals surface area contributed by atoms with E-state index in [0.717, 1.165) is 42.4 Å². The normalized spacial score (nSPS) is 22.2. The van der Waals surface area contributed by atoms with Gasteiger partial charge in [-0.1, -0.05) is 15.9 Å². The number of benzene rings is 1. The molecular formula is C14H20BrClN2O. The van der Waals surface area contributed by atoms with Gasteiger partial charge in [0.15, 0.2) is 0 Å². The minimum absolute atomic E-state index is 0. The Hall–Kier alpha value is -0.450. The third-order valence-corrected chi connectivity index (χ3v) is 4.25. The molecule has 0 amide bonds. The van der Waals surface area contributed by atoms with Crippen LogP contribution >= 0.6 is 28.3 Å². The van der Waals surface area contributed by atoms with Gasteiger partial charge in [0.25, 0.3) is 0 Å². The van der Waals surface area contributed by atoms with E-state index in [4.69, 9.17) is 4.74 Å². The Balaban J connectivity index is 0.00000133. The molecule has 19 heavy (non-hydrogen) atoms. The lowest BCUT2D eigenvalue weighted by Crippen LogP contribution is -2.41. The average molecular weight is 348 g/mol. The maximum Gasteiger partial charge on any atom is 0.142 e. The molecular weight excluding hydrogens is 328 g/mol. The van der Waals surface area contributed by atoms with Crippen molar-refractivity contribution in [2.45, 2.75) is 12.8 Å². The number of piperidine rings is 1. The number of rotatable bonds is 2. The van der Waals surface area contributed by atoms with Crippen molar-refractivity contribution >= 4 is 34.0 Å². The number of hydrogen-bond acceptors (Lipinski definition) is 3. The van der Waals surface area contributed by atoms with E-state index in [9.17, 15) is 0 Å². The van der Waals surface area contributed by atoms with Gasteiger partial charge < -0.3 is 15.0 Å². The van der Waals surface area contributed by atoms with Crippen LogP contribution in [0.2, 0.25) is 0 Å². The summed E-state index contributed by atoms with van der Waals surface area (Å²) < 4.78 is 6.84. The molecule has 1 N–H and O–H groups in total. The van der Waals surface area contributed by atoms with E-state index in [2.05, 4.69) is 38.3 Å². The molecule has 2 heterocycles. The van der Waals surface area contributed by atoms with Crippen LogP contribution in [0.15, 0.2) is 22.7 Å². The van der Waals surface area contributed by atoms with E-state index >= 15 is 0 Å². The molecule has 0 bridgehead atoms. The summed E-state index contributed by atoms with van der Waals surface area (Å²) in [6.45, 7) is 5.27. The van der Waals surface area contributed by atoms with Crippen LogP contribution in [-0.2, 0) is 0 Å². The van der Waals surface area contributed by atoms with Gasteiger partial charge in [-0.15, -0.1) is 12.4 Å². The molecule has 0 saturated carbocycles. The van der Waals surface area contributed by atoms with Crippen molar-refractivity contribution in [2.24, 2.45) is 5.92 Å². The van der Waals surface area contributed by atoms with Crippen LogP contribution in [0.3, 0.4) is 0 Å². The topological polar surface area (TPSA) is 24.5 Å². The Morgan fingerprint density at radius 2 is 2.32 bits per heavy atom. The zero-order valence-electron chi connectivity index (χ0n) is 10.9. The van der Waals surface area contributed by atoms with E-state index in [1.54, 1.807) is 0 Å². The molecule has 0 spiro atoms. The zero-order valence-corrected chi connectivity index (χ0v) is 13.3. The van der Waals surface area contributed by atoms with Crippen LogP contribution in [0.25, 0.3) is 0 Å². The summed E-state index contributed by atoms with van der Waals surface area (Å²) in [7, 11) is 0. The molecule has 1 aromatic rings. The Kier molecular flexibility index (Phi) is 5.37. The van der Waals surface area contributed by atoms with Gasteiger partial charge >= 0.3 is 0 Å². The summed E-state index contributed by atoms with van der Waals surface area (Å²) in [6.07, 6.45) is 2.65. The second-order valence-electron chi connectivity index (χ2n) is 5.12. The van der Waals surface area contributed by atoms with Crippen LogP contribution in [0.5, 0.6) is 5.75 Å². The lowest BCUT2D eigenvalue weighted by atomic mass is 9.98. The highest BCUT2D eigenvalue weighted by atomic mass is 79.9. The maximum atomic E-state index is 5.72. The summed E-state index contributed by atoms with van der Waals surface area (Å²) in [5.74, 6) is 1.79. The van der Waals surface area contributed by atoms with E-state index in [-0.39, 0.29) is 12.4 Å². The lowest BCUT2D eigenvalue weighted by molar-refractivity contribution is 0.295. The van der Waals surface area contributed by atoms with Crippen molar-refractivity contribution in [3.8, 4) is 5.75 Å². The van der Waals surface area contributed by atoms with Crippen LogP contribution < -0.4 is 15.0 Å². The molecule has 106 valence electrons. The van der Waals surface area contributed by atoms with Gasteiger partial charge in [0, 0.05) is 11.0 Å². The van der Waals surface area contributed by atoms with Gasteiger partial charge in [-0.2, -0.15) is 0 Å². The van der Waals surface area contributed by atoms with Gasteiger partial charge in [0.1, 0.15) is 12.4 Å². The number of fused-ring (bicyclic) bond motifs is 1. The molecule has 1 atom stereocenters. The Morgan fingerprint density at radius 1 is 1.42 bits per heavy atom.